The largest absolute Gasteiger partial charge is 0.322 e. The molecule has 5 heteroatoms. The first kappa shape index (κ1) is 13.4. The maximum absolute atomic E-state index is 12.5. The van der Waals surface area contributed by atoms with Crippen LogP contribution in [0.15, 0.2) is 18.2 Å². The van der Waals surface area contributed by atoms with E-state index in [0.717, 1.165) is 11.1 Å². The van der Waals surface area contributed by atoms with Crippen LogP contribution in [0.25, 0.3) is 0 Å². The molecule has 2 aliphatic rings. The molecule has 0 saturated carbocycles. The summed E-state index contributed by atoms with van der Waals surface area (Å²) in [7, 11) is 0. The molecule has 1 saturated heterocycles. The van der Waals surface area contributed by atoms with E-state index in [1.54, 1.807) is 13.0 Å². The van der Waals surface area contributed by atoms with Gasteiger partial charge in [0.2, 0.25) is 11.8 Å². The second kappa shape index (κ2) is 5.06. The zero-order valence-electron chi connectivity index (χ0n) is 11.6. The number of fused-ring (bicyclic) bond motifs is 1. The van der Waals surface area contributed by atoms with Crippen molar-refractivity contribution in [1.29, 1.82) is 0 Å². The molecule has 1 aromatic carbocycles. The van der Waals surface area contributed by atoms with E-state index in [1.807, 2.05) is 12.1 Å². The topological polar surface area (TPSA) is 66.5 Å². The minimum atomic E-state index is -0.566. The van der Waals surface area contributed by atoms with Gasteiger partial charge in [0.15, 0.2) is 0 Å². The minimum absolute atomic E-state index is 0.167. The molecular weight excluding hydrogens is 268 g/mol. The van der Waals surface area contributed by atoms with Crippen molar-refractivity contribution in [3.63, 3.8) is 0 Å². The summed E-state index contributed by atoms with van der Waals surface area (Å²) in [5.41, 5.74) is 2.28. The van der Waals surface area contributed by atoms with Gasteiger partial charge in [-0.05, 0) is 31.0 Å². The number of rotatable bonds is 1. The Balaban J connectivity index is 1.88. The average Bonchev–Trinajstić information content (AvgIpc) is 2.77. The molecule has 1 atom stereocenters. The van der Waals surface area contributed by atoms with Crippen molar-refractivity contribution in [2.45, 2.75) is 32.4 Å². The molecule has 1 aromatic rings. The summed E-state index contributed by atoms with van der Waals surface area (Å²) >= 11 is 0. The molecule has 1 N–H and O–H groups in total. The van der Waals surface area contributed by atoms with Crippen molar-refractivity contribution >= 4 is 17.7 Å². The molecule has 2 aliphatic heterocycles. The molecule has 3 amide bonds. The number of hydrogen-bond acceptors (Lipinski definition) is 3. The first-order valence-corrected chi connectivity index (χ1v) is 6.80. The molecule has 106 valence electrons. The van der Waals surface area contributed by atoms with Gasteiger partial charge in [0.05, 0.1) is 0 Å². The number of piperidine rings is 1. The van der Waals surface area contributed by atoms with Gasteiger partial charge in [-0.2, -0.15) is 0 Å². The highest BCUT2D eigenvalue weighted by atomic mass is 16.2. The first-order valence-electron chi connectivity index (χ1n) is 6.80. The van der Waals surface area contributed by atoms with E-state index in [2.05, 4.69) is 17.2 Å². The Kier molecular flexibility index (Phi) is 3.22. The molecule has 0 spiro atoms. The normalized spacial score (nSPS) is 20.7. The van der Waals surface area contributed by atoms with Crippen molar-refractivity contribution in [3.05, 3.63) is 34.9 Å². The lowest BCUT2D eigenvalue weighted by Gasteiger charge is -2.29. The number of amides is 3. The lowest BCUT2D eigenvalue weighted by Crippen LogP contribution is -2.52. The second-order valence-electron chi connectivity index (χ2n) is 5.15. The molecule has 21 heavy (non-hydrogen) atoms. The molecule has 2 heterocycles. The first-order chi connectivity index (χ1) is 10.1. The third-order valence-electron chi connectivity index (χ3n) is 3.80. The van der Waals surface area contributed by atoms with Crippen molar-refractivity contribution in [1.82, 2.24) is 10.2 Å². The van der Waals surface area contributed by atoms with Crippen LogP contribution >= 0.6 is 0 Å². The Labute approximate surface area is 122 Å². The summed E-state index contributed by atoms with van der Waals surface area (Å²) in [4.78, 5) is 37.1. The second-order valence-corrected chi connectivity index (χ2v) is 5.15. The van der Waals surface area contributed by atoms with Gasteiger partial charge in [0.25, 0.3) is 5.91 Å². The van der Waals surface area contributed by atoms with Gasteiger partial charge in [-0.25, -0.2) is 0 Å². The maximum atomic E-state index is 12.5. The Morgan fingerprint density at radius 1 is 1.29 bits per heavy atom. The molecular formula is C16H14N2O3. The fourth-order valence-electron chi connectivity index (χ4n) is 2.78. The van der Waals surface area contributed by atoms with E-state index in [9.17, 15) is 14.4 Å². The molecule has 0 aliphatic carbocycles. The predicted octanol–water partition coefficient (Wildman–Crippen LogP) is 0.819. The van der Waals surface area contributed by atoms with E-state index in [0.29, 0.717) is 18.5 Å². The number of nitrogens with zero attached hydrogens (tertiary/aromatic N) is 1. The summed E-state index contributed by atoms with van der Waals surface area (Å²) in [5, 5.41) is 2.29. The zero-order valence-corrected chi connectivity index (χ0v) is 11.6. The smallest absolute Gasteiger partial charge is 0.255 e. The zero-order chi connectivity index (χ0) is 15.0. The lowest BCUT2D eigenvalue weighted by molar-refractivity contribution is -0.136. The van der Waals surface area contributed by atoms with Crippen LogP contribution in [0.4, 0.5) is 0 Å². The summed E-state index contributed by atoms with van der Waals surface area (Å²) in [5.74, 6) is 4.89. The number of benzene rings is 1. The van der Waals surface area contributed by atoms with Crippen LogP contribution in [0, 0.1) is 11.8 Å². The van der Waals surface area contributed by atoms with Gasteiger partial charge < -0.3 is 4.90 Å². The molecule has 0 bridgehead atoms. The highest BCUT2D eigenvalue weighted by Gasteiger charge is 2.38. The van der Waals surface area contributed by atoms with Crippen LogP contribution in [-0.2, 0) is 16.1 Å². The molecule has 3 rings (SSSR count). The van der Waals surface area contributed by atoms with E-state index >= 15 is 0 Å². The van der Waals surface area contributed by atoms with Gasteiger partial charge in [0, 0.05) is 24.1 Å². The van der Waals surface area contributed by atoms with E-state index < -0.39 is 6.04 Å². The Morgan fingerprint density at radius 2 is 2.10 bits per heavy atom. The summed E-state index contributed by atoms with van der Waals surface area (Å²) in [6.45, 7) is 2.14. The van der Waals surface area contributed by atoms with Crippen LogP contribution in [-0.4, -0.2) is 28.7 Å². The van der Waals surface area contributed by atoms with E-state index in [1.165, 1.54) is 4.90 Å². The van der Waals surface area contributed by atoms with Crippen LogP contribution in [0.2, 0.25) is 0 Å². The van der Waals surface area contributed by atoms with Gasteiger partial charge in [0.1, 0.15) is 6.04 Å². The quantitative estimate of drug-likeness (QED) is 0.612. The van der Waals surface area contributed by atoms with Crippen LogP contribution in [0.1, 0.15) is 41.3 Å². The number of carbonyl (C=O) groups excluding carboxylic acids is 3. The molecule has 0 aromatic heterocycles. The molecule has 1 fully saturated rings. The minimum Gasteiger partial charge on any atom is -0.322 e. The molecule has 1 unspecified atom stereocenters. The SMILES string of the molecule is CC#Cc1ccc2c(c1)C(=O)N(C1CCC(=O)NC1=O)C2. The summed E-state index contributed by atoms with van der Waals surface area (Å²) < 4.78 is 0. The highest BCUT2D eigenvalue weighted by molar-refractivity contribution is 6.05. The highest BCUT2D eigenvalue weighted by Crippen LogP contribution is 2.27. The predicted molar refractivity (Wildman–Crippen MR) is 75.0 cm³/mol. The van der Waals surface area contributed by atoms with Crippen molar-refractivity contribution in [2.75, 3.05) is 0 Å². The number of carbonyl (C=O) groups is 3. The van der Waals surface area contributed by atoms with Crippen LogP contribution in [0.5, 0.6) is 0 Å². The van der Waals surface area contributed by atoms with Gasteiger partial charge in [-0.3, -0.25) is 19.7 Å². The molecule has 0 radical (unpaired) electrons. The van der Waals surface area contributed by atoms with Crippen molar-refractivity contribution in [2.24, 2.45) is 0 Å². The third kappa shape index (κ3) is 2.29. The van der Waals surface area contributed by atoms with Crippen LogP contribution in [0.3, 0.4) is 0 Å². The summed E-state index contributed by atoms with van der Waals surface area (Å²) in [6.07, 6.45) is 0.648. The third-order valence-corrected chi connectivity index (χ3v) is 3.80. The monoisotopic (exact) mass is 282 g/mol. The van der Waals surface area contributed by atoms with Gasteiger partial charge in [-0.1, -0.05) is 12.0 Å². The number of nitrogens with one attached hydrogen (secondary N) is 1. The van der Waals surface area contributed by atoms with Crippen LogP contribution < -0.4 is 5.32 Å². The maximum Gasteiger partial charge on any atom is 0.255 e. The summed E-state index contributed by atoms with van der Waals surface area (Å²) in [6, 6.07) is 4.94. The lowest BCUT2D eigenvalue weighted by atomic mass is 10.0. The van der Waals surface area contributed by atoms with Crippen molar-refractivity contribution < 1.29 is 14.4 Å². The average molecular weight is 282 g/mol. The fraction of sp³-hybridized carbons (Fsp3) is 0.312. The molecule has 5 nitrogen and oxygen atoms in total. The van der Waals surface area contributed by atoms with Crippen molar-refractivity contribution in [3.8, 4) is 11.8 Å². The fourth-order valence-corrected chi connectivity index (χ4v) is 2.78. The standard InChI is InChI=1S/C16H14N2O3/c1-2-3-10-4-5-11-9-18(16(21)12(11)8-10)13-6-7-14(19)17-15(13)20/h4-5,8,13H,6-7,9H2,1H3,(H,17,19,20). The Bertz CT molecular complexity index is 712. The van der Waals surface area contributed by atoms with E-state index in [-0.39, 0.29) is 24.1 Å². The number of imide groups is 1. The van der Waals surface area contributed by atoms with Gasteiger partial charge in [-0.15, -0.1) is 5.92 Å². The Hall–Kier alpha value is -2.61. The number of hydrogen-bond donors (Lipinski definition) is 1. The Morgan fingerprint density at radius 3 is 2.81 bits per heavy atom. The van der Waals surface area contributed by atoms with Gasteiger partial charge >= 0.3 is 0 Å². The van der Waals surface area contributed by atoms with E-state index in [4.69, 9.17) is 0 Å².